The molecule has 1 N–H and O–H groups in total. The number of nitrogens with one attached hydrogen (secondary N) is 1. The monoisotopic (exact) mass is 285 g/mol. The molecule has 0 unspecified atom stereocenters. The number of benzene rings is 2. The predicted molar refractivity (Wildman–Crippen MR) is 75.2 cm³/mol. The highest BCUT2D eigenvalue weighted by Crippen LogP contribution is 2.24. The summed E-state index contributed by atoms with van der Waals surface area (Å²) in [7, 11) is 0. The van der Waals surface area contributed by atoms with Gasteiger partial charge < -0.3 is 5.32 Å². The van der Waals surface area contributed by atoms with Crippen LogP contribution in [0.2, 0.25) is 15.1 Å². The lowest BCUT2D eigenvalue weighted by Crippen LogP contribution is -2.00. The SMILES string of the molecule is Clc1ccc(CNc2ccccc2Cl)c(Cl)c1. The first-order valence-electron chi connectivity index (χ1n) is 5.09. The molecule has 17 heavy (non-hydrogen) atoms. The lowest BCUT2D eigenvalue weighted by Gasteiger charge is -2.09. The Morgan fingerprint density at radius 2 is 1.65 bits per heavy atom. The number of halogens is 3. The lowest BCUT2D eigenvalue weighted by atomic mass is 10.2. The van der Waals surface area contributed by atoms with E-state index in [1.807, 2.05) is 36.4 Å². The highest BCUT2D eigenvalue weighted by molar-refractivity contribution is 6.35. The van der Waals surface area contributed by atoms with Crippen LogP contribution in [0, 0.1) is 0 Å². The smallest absolute Gasteiger partial charge is 0.0637 e. The van der Waals surface area contributed by atoms with Crippen LogP contribution in [0.5, 0.6) is 0 Å². The highest BCUT2D eigenvalue weighted by atomic mass is 35.5. The molecule has 4 heteroatoms. The van der Waals surface area contributed by atoms with Gasteiger partial charge in [0.25, 0.3) is 0 Å². The van der Waals surface area contributed by atoms with Crippen LogP contribution in [-0.4, -0.2) is 0 Å². The molecule has 0 amide bonds. The number of para-hydroxylation sites is 1. The summed E-state index contributed by atoms with van der Waals surface area (Å²) in [6.07, 6.45) is 0. The molecule has 0 spiro atoms. The quantitative estimate of drug-likeness (QED) is 0.811. The Morgan fingerprint density at radius 3 is 2.35 bits per heavy atom. The molecule has 0 bridgehead atoms. The van der Waals surface area contributed by atoms with E-state index in [1.165, 1.54) is 0 Å². The molecule has 0 heterocycles. The summed E-state index contributed by atoms with van der Waals surface area (Å²) in [6, 6.07) is 13.0. The molecule has 0 atom stereocenters. The van der Waals surface area contributed by atoms with Crippen LogP contribution in [0.4, 0.5) is 5.69 Å². The van der Waals surface area contributed by atoms with Crippen molar-refractivity contribution in [2.75, 3.05) is 5.32 Å². The molecule has 2 aromatic carbocycles. The van der Waals surface area contributed by atoms with Gasteiger partial charge in [-0.2, -0.15) is 0 Å². The molecule has 0 saturated carbocycles. The Kier molecular flexibility index (Phi) is 4.16. The molecule has 0 aliphatic carbocycles. The second kappa shape index (κ2) is 5.63. The van der Waals surface area contributed by atoms with E-state index in [4.69, 9.17) is 34.8 Å². The minimum absolute atomic E-state index is 0.611. The summed E-state index contributed by atoms with van der Waals surface area (Å²) >= 11 is 18.0. The standard InChI is InChI=1S/C13H10Cl3N/c14-10-6-5-9(12(16)7-10)8-17-13-4-2-1-3-11(13)15/h1-7,17H,8H2. The maximum atomic E-state index is 6.08. The fourth-order valence-corrected chi connectivity index (χ4v) is 2.14. The molecule has 0 aliphatic rings. The van der Waals surface area contributed by atoms with Gasteiger partial charge in [0.05, 0.1) is 10.7 Å². The zero-order valence-corrected chi connectivity index (χ0v) is 11.2. The Labute approximate surface area is 115 Å². The lowest BCUT2D eigenvalue weighted by molar-refractivity contribution is 1.15. The van der Waals surface area contributed by atoms with Gasteiger partial charge >= 0.3 is 0 Å². The second-order valence-corrected chi connectivity index (χ2v) is 4.82. The Morgan fingerprint density at radius 1 is 0.882 bits per heavy atom. The largest absolute Gasteiger partial charge is 0.380 e. The molecule has 2 rings (SSSR count). The van der Waals surface area contributed by atoms with Crippen molar-refractivity contribution in [2.24, 2.45) is 0 Å². The van der Waals surface area contributed by atoms with E-state index in [-0.39, 0.29) is 0 Å². The van der Waals surface area contributed by atoms with E-state index in [0.29, 0.717) is 21.6 Å². The molecule has 88 valence electrons. The van der Waals surface area contributed by atoms with E-state index >= 15 is 0 Å². The van der Waals surface area contributed by atoms with Crippen LogP contribution >= 0.6 is 34.8 Å². The van der Waals surface area contributed by atoms with Gasteiger partial charge in [0.2, 0.25) is 0 Å². The van der Waals surface area contributed by atoms with Crippen molar-refractivity contribution in [1.82, 2.24) is 0 Å². The molecular formula is C13H10Cl3N. The van der Waals surface area contributed by atoms with Crippen molar-refractivity contribution < 1.29 is 0 Å². The second-order valence-electron chi connectivity index (χ2n) is 3.57. The maximum Gasteiger partial charge on any atom is 0.0637 e. The van der Waals surface area contributed by atoms with Crippen molar-refractivity contribution in [3.8, 4) is 0 Å². The normalized spacial score (nSPS) is 10.3. The summed E-state index contributed by atoms with van der Waals surface area (Å²) in [6.45, 7) is 0.611. The molecule has 0 radical (unpaired) electrons. The van der Waals surface area contributed by atoms with Crippen molar-refractivity contribution in [1.29, 1.82) is 0 Å². The van der Waals surface area contributed by atoms with Crippen LogP contribution in [0.15, 0.2) is 42.5 Å². The highest BCUT2D eigenvalue weighted by Gasteiger charge is 2.02. The van der Waals surface area contributed by atoms with Crippen molar-refractivity contribution >= 4 is 40.5 Å². The van der Waals surface area contributed by atoms with Crippen LogP contribution < -0.4 is 5.32 Å². The Bertz CT molecular complexity index is 526. The van der Waals surface area contributed by atoms with Crippen molar-refractivity contribution in [3.05, 3.63) is 63.1 Å². The maximum absolute atomic E-state index is 6.08. The van der Waals surface area contributed by atoms with Crippen LogP contribution in [0.1, 0.15) is 5.56 Å². The average molecular weight is 287 g/mol. The van der Waals surface area contributed by atoms with Crippen molar-refractivity contribution in [3.63, 3.8) is 0 Å². The summed E-state index contributed by atoms with van der Waals surface area (Å²) in [5.41, 5.74) is 1.87. The number of anilines is 1. The van der Waals surface area contributed by atoms with Gasteiger partial charge in [-0.1, -0.05) is 53.0 Å². The molecule has 0 saturated heterocycles. The van der Waals surface area contributed by atoms with Crippen LogP contribution in [-0.2, 0) is 6.54 Å². The van der Waals surface area contributed by atoms with E-state index in [0.717, 1.165) is 11.3 Å². The van der Waals surface area contributed by atoms with E-state index in [2.05, 4.69) is 5.32 Å². The summed E-state index contributed by atoms with van der Waals surface area (Å²) in [5.74, 6) is 0. The molecule has 0 aliphatic heterocycles. The summed E-state index contributed by atoms with van der Waals surface area (Å²) in [5, 5.41) is 5.21. The van der Waals surface area contributed by atoms with E-state index in [1.54, 1.807) is 6.07 Å². The van der Waals surface area contributed by atoms with Gasteiger partial charge in [0, 0.05) is 16.6 Å². The molecular weight excluding hydrogens is 277 g/mol. The average Bonchev–Trinajstić information content (AvgIpc) is 2.30. The van der Waals surface area contributed by atoms with Gasteiger partial charge in [-0.25, -0.2) is 0 Å². The van der Waals surface area contributed by atoms with Gasteiger partial charge in [-0.15, -0.1) is 0 Å². The summed E-state index contributed by atoms with van der Waals surface area (Å²) in [4.78, 5) is 0. The fraction of sp³-hybridized carbons (Fsp3) is 0.0769. The number of rotatable bonds is 3. The molecule has 1 nitrogen and oxygen atoms in total. The zero-order valence-electron chi connectivity index (χ0n) is 8.88. The predicted octanol–water partition coefficient (Wildman–Crippen LogP) is 5.26. The van der Waals surface area contributed by atoms with E-state index < -0.39 is 0 Å². The van der Waals surface area contributed by atoms with Gasteiger partial charge in [0.15, 0.2) is 0 Å². The molecule has 0 fully saturated rings. The first-order valence-corrected chi connectivity index (χ1v) is 6.22. The van der Waals surface area contributed by atoms with Crippen LogP contribution in [0.25, 0.3) is 0 Å². The van der Waals surface area contributed by atoms with Gasteiger partial charge in [-0.05, 0) is 29.8 Å². The van der Waals surface area contributed by atoms with Gasteiger partial charge in [0.1, 0.15) is 0 Å². The first kappa shape index (κ1) is 12.6. The fourth-order valence-electron chi connectivity index (χ4n) is 1.46. The Hall–Kier alpha value is -0.890. The minimum Gasteiger partial charge on any atom is -0.380 e. The minimum atomic E-state index is 0.611. The number of hydrogen-bond donors (Lipinski definition) is 1. The topological polar surface area (TPSA) is 12.0 Å². The van der Waals surface area contributed by atoms with Crippen molar-refractivity contribution in [2.45, 2.75) is 6.54 Å². The van der Waals surface area contributed by atoms with E-state index in [9.17, 15) is 0 Å². The van der Waals surface area contributed by atoms with Crippen LogP contribution in [0.3, 0.4) is 0 Å². The molecule has 2 aromatic rings. The molecule has 0 aromatic heterocycles. The third-order valence-electron chi connectivity index (χ3n) is 2.36. The van der Waals surface area contributed by atoms with Gasteiger partial charge in [-0.3, -0.25) is 0 Å². The summed E-state index contributed by atoms with van der Waals surface area (Å²) < 4.78 is 0. The zero-order chi connectivity index (χ0) is 12.3. The first-order chi connectivity index (χ1) is 8.16. The third-order valence-corrected chi connectivity index (χ3v) is 3.27. The Balaban J connectivity index is 2.10. The number of hydrogen-bond acceptors (Lipinski definition) is 1. The third kappa shape index (κ3) is 3.29.